The number of halogens is 4. The van der Waals surface area contributed by atoms with Crippen LogP contribution >= 0.6 is 0 Å². The number of fused-ring (bicyclic) bond motifs is 4. The number of aryl methyl sites for hydroxylation is 1. The number of ether oxygens (including phenoxy) is 1. The maximum Gasteiger partial charge on any atom is 0.319 e. The summed E-state index contributed by atoms with van der Waals surface area (Å²) in [6.07, 6.45) is 7.24. The molecule has 5 aromatic rings. The molecule has 13 nitrogen and oxygen atoms in total. The number of imide groups is 1. The normalized spacial score (nSPS) is 23.9. The minimum absolute atomic E-state index is 0.0232. The Morgan fingerprint density at radius 3 is 2.26 bits per heavy atom. The SMILES string of the molecule is CCc1cccc2cc(O)cc(-c3ncc4c(N5CC6CCC(C5)N6)nc(OCC5(CN6CCC(F)(CN7CCN(c8cc(F)c(C9CCC(=O)NC9=O)c(F)c8)CC7)CC6)CC5)nc4c3F)c12. The van der Waals surface area contributed by atoms with Gasteiger partial charge < -0.3 is 29.9 Å². The van der Waals surface area contributed by atoms with Gasteiger partial charge in [-0.2, -0.15) is 9.97 Å². The number of piperazine rings is 2. The fraction of sp³-hybridized carbons (Fsp3) is 0.510. The number of phenolic OH excluding ortho intramolecular Hbond substituents is 1. The molecule has 2 aromatic heterocycles. The molecule has 0 radical (unpaired) electrons. The third kappa shape index (κ3) is 8.70. The van der Waals surface area contributed by atoms with Gasteiger partial charge in [-0.3, -0.25) is 24.8 Å². The number of piperidine rings is 2. The molecule has 1 aliphatic carbocycles. The molecule has 6 fully saturated rings. The van der Waals surface area contributed by atoms with E-state index in [1.165, 1.54) is 12.1 Å². The molecule has 68 heavy (non-hydrogen) atoms. The summed E-state index contributed by atoms with van der Waals surface area (Å²) in [7, 11) is 0. The lowest BCUT2D eigenvalue weighted by Crippen LogP contribution is -2.54. The summed E-state index contributed by atoms with van der Waals surface area (Å²) in [5, 5.41) is 18.7. The number of likely N-dealkylation sites (tertiary alicyclic amines) is 1. The van der Waals surface area contributed by atoms with E-state index in [0.717, 1.165) is 68.1 Å². The van der Waals surface area contributed by atoms with Gasteiger partial charge in [-0.1, -0.05) is 25.1 Å². The van der Waals surface area contributed by atoms with E-state index in [1.807, 2.05) is 30.0 Å². The van der Waals surface area contributed by atoms with Crippen molar-refractivity contribution in [3.8, 4) is 23.0 Å². The maximum absolute atomic E-state index is 17.1. The van der Waals surface area contributed by atoms with Crippen molar-refractivity contribution in [2.75, 3.05) is 81.9 Å². The number of aromatic nitrogens is 3. The largest absolute Gasteiger partial charge is 0.508 e. The molecule has 3 N–H and O–H groups in total. The van der Waals surface area contributed by atoms with Crippen molar-refractivity contribution in [2.45, 2.75) is 88.4 Å². The molecule has 2 amide bonds. The number of carbonyl (C=O) groups is 2. The van der Waals surface area contributed by atoms with E-state index in [4.69, 9.17) is 19.7 Å². The van der Waals surface area contributed by atoms with E-state index in [0.29, 0.717) is 93.3 Å². The van der Waals surface area contributed by atoms with Gasteiger partial charge in [0.2, 0.25) is 11.8 Å². The zero-order valence-corrected chi connectivity index (χ0v) is 38.3. The van der Waals surface area contributed by atoms with Crippen molar-refractivity contribution >= 4 is 45.0 Å². The molecule has 1 saturated carbocycles. The fourth-order valence-electron chi connectivity index (χ4n) is 11.6. The lowest BCUT2D eigenvalue weighted by Gasteiger charge is -2.43. The monoisotopic (exact) mass is 935 g/mol. The smallest absolute Gasteiger partial charge is 0.319 e. The molecule has 3 atom stereocenters. The Morgan fingerprint density at radius 2 is 1.57 bits per heavy atom. The van der Waals surface area contributed by atoms with Crippen LogP contribution in [0.3, 0.4) is 0 Å². The highest BCUT2D eigenvalue weighted by Gasteiger charge is 2.47. The van der Waals surface area contributed by atoms with Crippen LogP contribution in [0.1, 0.15) is 75.3 Å². The van der Waals surface area contributed by atoms with Gasteiger partial charge in [0.25, 0.3) is 0 Å². The number of phenols is 1. The second kappa shape index (κ2) is 17.7. The predicted molar refractivity (Wildman–Crippen MR) is 250 cm³/mol. The average Bonchev–Trinajstić information content (AvgIpc) is 4.01. The first kappa shape index (κ1) is 44.8. The maximum atomic E-state index is 17.1. The minimum atomic E-state index is -1.37. The van der Waals surface area contributed by atoms with E-state index < -0.39 is 40.9 Å². The quantitative estimate of drug-likeness (QED) is 0.0899. The highest BCUT2D eigenvalue weighted by molar-refractivity contribution is 6.02. The van der Waals surface area contributed by atoms with Crippen molar-refractivity contribution in [3.63, 3.8) is 0 Å². The first-order valence-electron chi connectivity index (χ1n) is 24.3. The number of alkyl halides is 1. The standard InChI is InChI=1S/C51H57F4N9O4/c1-2-30-4-3-5-31-20-35(65)23-37(42(30)31)45-44(54)46-38(24-56-45)47(64-25-32-6-7-33(26-64)57-32)60-49(59-46)68-29-50(10-11-50)27-61-14-12-51(55,13-15-61)28-62-16-18-63(19-17-62)34-21-39(52)43(40(53)22-34)36-8-9-41(66)58-48(36)67/h3-5,20-24,32-33,36,57,65H,2,6-19,25-29H2,1H3,(H,58,66,67). The first-order valence-corrected chi connectivity index (χ1v) is 24.3. The number of hydrogen-bond donors (Lipinski definition) is 3. The Balaban J connectivity index is 0.742. The number of benzene rings is 3. The van der Waals surface area contributed by atoms with Gasteiger partial charge in [0, 0.05) is 112 Å². The minimum Gasteiger partial charge on any atom is -0.508 e. The number of rotatable bonds is 12. The van der Waals surface area contributed by atoms with Crippen molar-refractivity contribution in [2.24, 2.45) is 5.41 Å². The second-order valence-electron chi connectivity index (χ2n) is 20.2. The van der Waals surface area contributed by atoms with Crippen molar-refractivity contribution in [3.05, 3.63) is 77.2 Å². The summed E-state index contributed by atoms with van der Waals surface area (Å²) < 4.78 is 70.7. The average molecular weight is 936 g/mol. The number of pyridine rings is 1. The highest BCUT2D eigenvalue weighted by atomic mass is 19.1. The summed E-state index contributed by atoms with van der Waals surface area (Å²) in [6, 6.07) is 12.3. The van der Waals surface area contributed by atoms with Gasteiger partial charge in [-0.25, -0.2) is 17.6 Å². The van der Waals surface area contributed by atoms with Gasteiger partial charge in [-0.05, 0) is 92.0 Å². The van der Waals surface area contributed by atoms with Gasteiger partial charge in [0.1, 0.15) is 40.1 Å². The van der Waals surface area contributed by atoms with E-state index in [2.05, 4.69) is 25.3 Å². The Hall–Kier alpha value is -5.65. The summed E-state index contributed by atoms with van der Waals surface area (Å²) in [5.74, 6) is -3.79. The van der Waals surface area contributed by atoms with Crippen LogP contribution in [0.2, 0.25) is 0 Å². The number of aromatic hydroxyl groups is 1. The van der Waals surface area contributed by atoms with Crippen LogP contribution in [0, 0.1) is 22.9 Å². The van der Waals surface area contributed by atoms with Crippen LogP contribution in [0.15, 0.2) is 48.7 Å². The van der Waals surface area contributed by atoms with Crippen molar-refractivity contribution in [1.82, 2.24) is 35.4 Å². The predicted octanol–water partition coefficient (Wildman–Crippen LogP) is 6.78. The number of nitrogens with zero attached hydrogens (tertiary/aromatic N) is 7. The van der Waals surface area contributed by atoms with Crippen LogP contribution in [0.4, 0.5) is 29.1 Å². The fourth-order valence-corrected chi connectivity index (χ4v) is 11.6. The molecular formula is C51H57F4N9O4. The summed E-state index contributed by atoms with van der Waals surface area (Å²) in [5.41, 5.74) is 0.284. The van der Waals surface area contributed by atoms with Crippen molar-refractivity contribution in [1.29, 1.82) is 0 Å². The van der Waals surface area contributed by atoms with Crippen LogP contribution < -0.4 is 25.2 Å². The first-order chi connectivity index (χ1) is 32.8. The number of nitrogens with one attached hydrogen (secondary N) is 2. The van der Waals surface area contributed by atoms with Gasteiger partial charge in [0.05, 0.1) is 17.9 Å². The molecule has 17 heteroatoms. The zero-order chi connectivity index (χ0) is 46.9. The van der Waals surface area contributed by atoms with E-state index >= 15 is 17.6 Å². The second-order valence-corrected chi connectivity index (χ2v) is 20.2. The molecule has 7 heterocycles. The Bertz CT molecular complexity index is 2760. The summed E-state index contributed by atoms with van der Waals surface area (Å²) in [6.45, 7) is 8.08. The van der Waals surface area contributed by atoms with E-state index in [-0.39, 0.29) is 53.3 Å². The van der Waals surface area contributed by atoms with Crippen LogP contribution in [-0.4, -0.2) is 131 Å². The molecule has 3 unspecified atom stereocenters. The molecule has 358 valence electrons. The van der Waals surface area contributed by atoms with Gasteiger partial charge >= 0.3 is 6.01 Å². The molecule has 6 aliphatic rings. The lowest BCUT2D eigenvalue weighted by atomic mass is 9.89. The highest BCUT2D eigenvalue weighted by Crippen LogP contribution is 2.48. The summed E-state index contributed by atoms with van der Waals surface area (Å²) >= 11 is 0. The Labute approximate surface area is 392 Å². The van der Waals surface area contributed by atoms with Crippen molar-refractivity contribution < 1.29 is 37.0 Å². The molecule has 3 aromatic carbocycles. The number of amides is 2. The molecule has 0 spiro atoms. The lowest BCUT2D eigenvalue weighted by molar-refractivity contribution is -0.134. The Kier molecular flexibility index (Phi) is 11.7. The summed E-state index contributed by atoms with van der Waals surface area (Å²) in [4.78, 5) is 46.8. The van der Waals surface area contributed by atoms with E-state index in [9.17, 15) is 14.7 Å². The number of carbonyl (C=O) groups excluding carboxylic acids is 2. The number of anilines is 2. The van der Waals surface area contributed by atoms with Crippen LogP contribution in [0.25, 0.3) is 32.9 Å². The van der Waals surface area contributed by atoms with Gasteiger partial charge in [-0.15, -0.1) is 0 Å². The van der Waals surface area contributed by atoms with Crippen LogP contribution in [-0.2, 0) is 16.0 Å². The third-order valence-corrected chi connectivity index (χ3v) is 15.5. The number of hydrogen-bond acceptors (Lipinski definition) is 12. The van der Waals surface area contributed by atoms with Gasteiger partial charge in [0.15, 0.2) is 5.82 Å². The molecule has 5 aliphatic heterocycles. The molecular weight excluding hydrogens is 879 g/mol. The Morgan fingerprint density at radius 1 is 0.853 bits per heavy atom. The molecule has 11 rings (SSSR count). The third-order valence-electron chi connectivity index (χ3n) is 15.5. The molecule has 5 saturated heterocycles. The van der Waals surface area contributed by atoms with E-state index in [1.54, 1.807) is 18.3 Å². The molecule has 2 bridgehead atoms. The topological polar surface area (TPSA) is 139 Å². The van der Waals surface area contributed by atoms with Crippen LogP contribution in [0.5, 0.6) is 11.8 Å². The zero-order valence-electron chi connectivity index (χ0n) is 38.3.